The van der Waals surface area contributed by atoms with E-state index in [2.05, 4.69) is 50.4 Å². The summed E-state index contributed by atoms with van der Waals surface area (Å²) in [4.78, 5) is 25.4. The Bertz CT molecular complexity index is 1130. The Morgan fingerprint density at radius 2 is 1.69 bits per heavy atom. The van der Waals surface area contributed by atoms with Gasteiger partial charge < -0.3 is 10.6 Å². The first-order valence-corrected chi connectivity index (χ1v) is 13.4. The molecule has 0 radical (unpaired) electrons. The second-order valence-corrected chi connectivity index (χ2v) is 10.0. The SMILES string of the molecule is O=C(/C=C/[C@H](CCc1ccccc1)NC(=O)[C@@H]1CCCCN1)Nc1nnc(CCc2ccccc2)s1. The predicted octanol–water partition coefficient (Wildman–Crippen LogP) is 4.08. The number of anilines is 1. The average molecular weight is 504 g/mol. The normalized spacial score (nSPS) is 16.5. The monoisotopic (exact) mass is 503 g/mol. The van der Waals surface area contributed by atoms with E-state index >= 15 is 0 Å². The first-order chi connectivity index (χ1) is 17.7. The quantitative estimate of drug-likeness (QED) is 0.343. The number of benzene rings is 2. The summed E-state index contributed by atoms with van der Waals surface area (Å²) in [5.41, 5.74) is 2.44. The highest BCUT2D eigenvalue weighted by atomic mass is 32.1. The average Bonchev–Trinajstić information content (AvgIpc) is 3.37. The number of hydrogen-bond donors (Lipinski definition) is 3. The van der Waals surface area contributed by atoms with Gasteiger partial charge >= 0.3 is 0 Å². The maximum atomic E-state index is 12.8. The molecule has 0 unspecified atom stereocenters. The van der Waals surface area contributed by atoms with Crippen LogP contribution in [0.3, 0.4) is 0 Å². The third kappa shape index (κ3) is 8.39. The summed E-state index contributed by atoms with van der Waals surface area (Å²) in [7, 11) is 0. The number of nitrogens with one attached hydrogen (secondary N) is 3. The van der Waals surface area contributed by atoms with Crippen molar-refractivity contribution in [3.8, 4) is 0 Å². The molecule has 1 aliphatic heterocycles. The molecule has 2 atom stereocenters. The summed E-state index contributed by atoms with van der Waals surface area (Å²) in [5.74, 6) is -0.291. The van der Waals surface area contributed by atoms with Crippen LogP contribution in [0.25, 0.3) is 0 Å². The fourth-order valence-corrected chi connectivity index (χ4v) is 4.94. The summed E-state index contributed by atoms with van der Waals surface area (Å²) in [6.45, 7) is 0.861. The second-order valence-electron chi connectivity index (χ2n) is 8.98. The lowest BCUT2D eigenvalue weighted by Crippen LogP contribution is -2.49. The first kappa shape index (κ1) is 25.7. The van der Waals surface area contributed by atoms with Crippen molar-refractivity contribution in [2.75, 3.05) is 11.9 Å². The Labute approximate surface area is 216 Å². The van der Waals surface area contributed by atoms with Crippen LogP contribution in [0.5, 0.6) is 0 Å². The van der Waals surface area contributed by atoms with Gasteiger partial charge in [0.2, 0.25) is 16.9 Å². The number of aryl methyl sites for hydroxylation is 3. The molecule has 1 fully saturated rings. The van der Waals surface area contributed by atoms with E-state index < -0.39 is 0 Å². The van der Waals surface area contributed by atoms with Crippen LogP contribution in [0.15, 0.2) is 72.8 Å². The molecule has 1 aliphatic rings. The van der Waals surface area contributed by atoms with E-state index in [4.69, 9.17) is 0 Å². The van der Waals surface area contributed by atoms with Crippen molar-refractivity contribution in [1.29, 1.82) is 0 Å². The molecule has 8 heteroatoms. The summed E-state index contributed by atoms with van der Waals surface area (Å²) < 4.78 is 0. The molecule has 3 N–H and O–H groups in total. The molecule has 3 aromatic rings. The van der Waals surface area contributed by atoms with Crippen LogP contribution in [0.4, 0.5) is 5.13 Å². The molecular formula is C28H33N5O2S. The topological polar surface area (TPSA) is 96.0 Å². The molecule has 2 amide bonds. The minimum atomic E-state index is -0.282. The van der Waals surface area contributed by atoms with Crippen molar-refractivity contribution in [3.63, 3.8) is 0 Å². The molecule has 36 heavy (non-hydrogen) atoms. The fourth-order valence-electron chi connectivity index (χ4n) is 4.19. The van der Waals surface area contributed by atoms with Gasteiger partial charge in [-0.1, -0.05) is 84.5 Å². The number of hydrogen-bond acceptors (Lipinski definition) is 6. The Morgan fingerprint density at radius 3 is 2.39 bits per heavy atom. The Balaban J connectivity index is 1.31. The summed E-state index contributed by atoms with van der Waals surface area (Å²) in [5, 5.41) is 18.9. The van der Waals surface area contributed by atoms with Gasteiger partial charge in [-0.05, 0) is 49.8 Å². The van der Waals surface area contributed by atoms with Crippen LogP contribution < -0.4 is 16.0 Å². The summed E-state index contributed by atoms with van der Waals surface area (Å²) >= 11 is 1.39. The molecule has 0 spiro atoms. The van der Waals surface area contributed by atoms with Gasteiger partial charge in [-0.15, -0.1) is 10.2 Å². The van der Waals surface area contributed by atoms with Gasteiger partial charge in [-0.25, -0.2) is 0 Å². The van der Waals surface area contributed by atoms with Crippen LogP contribution in [0.1, 0.15) is 41.8 Å². The molecular weight excluding hydrogens is 470 g/mol. The van der Waals surface area contributed by atoms with Gasteiger partial charge in [-0.2, -0.15) is 0 Å². The summed E-state index contributed by atoms with van der Waals surface area (Å²) in [6, 6.07) is 20.0. The van der Waals surface area contributed by atoms with E-state index in [1.54, 1.807) is 6.08 Å². The van der Waals surface area contributed by atoms with E-state index in [0.29, 0.717) is 11.6 Å². The number of piperidine rings is 1. The van der Waals surface area contributed by atoms with E-state index in [9.17, 15) is 9.59 Å². The van der Waals surface area contributed by atoms with Crippen LogP contribution in [0, 0.1) is 0 Å². The van der Waals surface area contributed by atoms with Crippen LogP contribution in [0.2, 0.25) is 0 Å². The number of nitrogens with zero attached hydrogens (tertiary/aromatic N) is 2. The highest BCUT2D eigenvalue weighted by Gasteiger charge is 2.22. The van der Waals surface area contributed by atoms with Gasteiger partial charge in [0.05, 0.1) is 6.04 Å². The largest absolute Gasteiger partial charge is 0.349 e. The third-order valence-electron chi connectivity index (χ3n) is 6.19. The van der Waals surface area contributed by atoms with Crippen molar-refractivity contribution in [3.05, 3.63) is 89.0 Å². The van der Waals surface area contributed by atoms with Crippen molar-refractivity contribution in [2.45, 2.75) is 57.0 Å². The van der Waals surface area contributed by atoms with E-state index in [-0.39, 0.29) is 23.9 Å². The highest BCUT2D eigenvalue weighted by Crippen LogP contribution is 2.17. The zero-order valence-electron chi connectivity index (χ0n) is 20.4. The number of carbonyl (C=O) groups is 2. The van der Waals surface area contributed by atoms with Crippen molar-refractivity contribution in [2.24, 2.45) is 0 Å². The minimum absolute atomic E-state index is 0.00926. The lowest BCUT2D eigenvalue weighted by Gasteiger charge is -2.25. The molecule has 2 heterocycles. The molecule has 0 saturated carbocycles. The third-order valence-corrected chi connectivity index (χ3v) is 7.09. The zero-order valence-corrected chi connectivity index (χ0v) is 21.2. The molecule has 2 aromatic carbocycles. The Kier molecular flexibility index (Phi) is 9.76. The maximum Gasteiger partial charge on any atom is 0.249 e. The van der Waals surface area contributed by atoms with Gasteiger partial charge in [0, 0.05) is 18.5 Å². The summed E-state index contributed by atoms with van der Waals surface area (Å²) in [6.07, 6.45) is 9.40. The van der Waals surface area contributed by atoms with E-state index in [0.717, 1.165) is 50.1 Å². The molecule has 0 aliphatic carbocycles. The van der Waals surface area contributed by atoms with Crippen molar-refractivity contribution in [1.82, 2.24) is 20.8 Å². The Hall–Kier alpha value is -3.36. The van der Waals surface area contributed by atoms with E-state index in [1.165, 1.54) is 28.5 Å². The number of aromatic nitrogens is 2. The number of amides is 2. The van der Waals surface area contributed by atoms with Gasteiger partial charge in [-0.3, -0.25) is 14.9 Å². The van der Waals surface area contributed by atoms with Crippen LogP contribution in [-0.2, 0) is 28.9 Å². The van der Waals surface area contributed by atoms with Gasteiger partial charge in [0.15, 0.2) is 0 Å². The standard InChI is InChI=1S/C28H33N5O2S/c34-25(31-28-33-32-26(36-28)19-15-22-11-5-2-6-12-22)18-17-23(16-14-21-9-3-1-4-10-21)30-27(35)24-13-7-8-20-29-24/h1-6,9-12,17-18,23-24,29H,7-8,13-16,19-20H2,(H,30,35)(H,31,33,34)/b18-17+/t23-,24-/m0/s1. The maximum absolute atomic E-state index is 12.8. The highest BCUT2D eigenvalue weighted by molar-refractivity contribution is 7.15. The van der Waals surface area contributed by atoms with E-state index in [1.807, 2.05) is 36.4 Å². The smallest absolute Gasteiger partial charge is 0.249 e. The van der Waals surface area contributed by atoms with Gasteiger partial charge in [0.1, 0.15) is 5.01 Å². The van der Waals surface area contributed by atoms with Crippen molar-refractivity contribution >= 4 is 28.3 Å². The van der Waals surface area contributed by atoms with Gasteiger partial charge in [0.25, 0.3) is 0 Å². The second kappa shape index (κ2) is 13.7. The fraction of sp³-hybridized carbons (Fsp3) is 0.357. The number of rotatable bonds is 11. The minimum Gasteiger partial charge on any atom is -0.349 e. The lowest BCUT2D eigenvalue weighted by atomic mass is 10.0. The molecule has 188 valence electrons. The molecule has 7 nitrogen and oxygen atoms in total. The van der Waals surface area contributed by atoms with Crippen LogP contribution >= 0.6 is 11.3 Å². The zero-order chi connectivity index (χ0) is 25.0. The van der Waals surface area contributed by atoms with Crippen molar-refractivity contribution < 1.29 is 9.59 Å². The lowest BCUT2D eigenvalue weighted by molar-refractivity contribution is -0.124. The van der Waals surface area contributed by atoms with Crippen LogP contribution in [-0.4, -0.2) is 40.6 Å². The first-order valence-electron chi connectivity index (χ1n) is 12.6. The molecule has 0 bridgehead atoms. The molecule has 1 aromatic heterocycles. The Morgan fingerprint density at radius 1 is 0.972 bits per heavy atom. The molecule has 4 rings (SSSR count). The predicted molar refractivity (Wildman–Crippen MR) is 144 cm³/mol. The molecule has 1 saturated heterocycles. The number of carbonyl (C=O) groups excluding carboxylic acids is 2.